The normalized spacial score (nSPS) is 13.4. The number of hydrogen-bond donors (Lipinski definition) is 2. The third kappa shape index (κ3) is 8.88. The van der Waals surface area contributed by atoms with Crippen molar-refractivity contribution >= 4 is 20.3 Å². The maximum absolute atomic E-state index is 12.8. The fourth-order valence-corrected chi connectivity index (χ4v) is 3.44. The fourth-order valence-electron chi connectivity index (χ4n) is 2.42. The molecule has 0 heterocycles. The zero-order valence-corrected chi connectivity index (χ0v) is 21.2. The number of rotatable bonds is 12. The van der Waals surface area contributed by atoms with Crippen molar-refractivity contribution in [3.63, 3.8) is 0 Å². The summed E-state index contributed by atoms with van der Waals surface area (Å²) in [5.41, 5.74) is 0.847. The molecule has 178 valence electrons. The van der Waals surface area contributed by atoms with Gasteiger partial charge in [0, 0.05) is 0 Å². The Hall–Kier alpha value is -2.58. The first-order valence-corrected chi connectivity index (χ1v) is 13.6. The summed E-state index contributed by atoms with van der Waals surface area (Å²) in [6.45, 7) is 20.3. The summed E-state index contributed by atoms with van der Waals surface area (Å²) in [4.78, 5) is 24.6. The molecule has 32 heavy (non-hydrogen) atoms. The van der Waals surface area contributed by atoms with E-state index in [0.717, 1.165) is 5.56 Å². The van der Waals surface area contributed by atoms with Crippen LogP contribution in [0.3, 0.4) is 0 Å². The van der Waals surface area contributed by atoms with Crippen LogP contribution in [-0.4, -0.2) is 46.2 Å². The highest BCUT2D eigenvalue weighted by Crippen LogP contribution is 2.37. The van der Waals surface area contributed by atoms with Crippen LogP contribution >= 0.6 is 0 Å². The van der Waals surface area contributed by atoms with Gasteiger partial charge < -0.3 is 24.5 Å². The van der Waals surface area contributed by atoms with E-state index in [1.807, 2.05) is 24.3 Å². The van der Waals surface area contributed by atoms with E-state index in [9.17, 15) is 9.59 Å². The second kappa shape index (κ2) is 12.5. The van der Waals surface area contributed by atoms with E-state index in [1.54, 1.807) is 13.0 Å². The number of amides is 2. The molecule has 1 aromatic rings. The number of ether oxygens (including phenoxy) is 2. The Morgan fingerprint density at radius 1 is 1.12 bits per heavy atom. The molecule has 2 amide bonds. The summed E-state index contributed by atoms with van der Waals surface area (Å²) < 4.78 is 16.9. The molecule has 0 spiro atoms. The van der Waals surface area contributed by atoms with Crippen molar-refractivity contribution in [3.8, 4) is 5.75 Å². The first-order chi connectivity index (χ1) is 14.9. The monoisotopic (exact) mass is 462 g/mol. The number of alkyl carbamates (subject to hydrolysis) is 1. The third-order valence-electron chi connectivity index (χ3n) is 5.42. The molecular weight excluding hydrogens is 424 g/mol. The molecule has 0 unspecified atom stereocenters. The van der Waals surface area contributed by atoms with E-state index in [1.165, 1.54) is 6.08 Å². The summed E-state index contributed by atoms with van der Waals surface area (Å²) in [6, 6.07) is 6.30. The minimum atomic E-state index is -2.05. The Labute approximate surface area is 193 Å². The largest absolute Gasteiger partial charge is 0.490 e. The van der Waals surface area contributed by atoms with Crippen molar-refractivity contribution in [1.29, 1.82) is 0 Å². The van der Waals surface area contributed by atoms with E-state index in [-0.39, 0.29) is 17.6 Å². The molecule has 8 heteroatoms. The standard InChI is InChI=1S/C24H38N2O5Si/c1-9-14-29-20-13-11-12-19(16-20)21(17-31-32(7,8)24(4,5)6)26-22(27)18(3)25-23(28)30-15-10-2/h9-13,16,18,21H,1-2,14-15,17H2,3-8H3,(H,25,28)(H,26,27)/t18-,21-/m0/s1. The molecule has 0 aliphatic rings. The van der Waals surface area contributed by atoms with Gasteiger partial charge >= 0.3 is 6.09 Å². The summed E-state index contributed by atoms with van der Waals surface area (Å²) in [5, 5.41) is 5.54. The van der Waals surface area contributed by atoms with Crippen LogP contribution in [0.5, 0.6) is 5.75 Å². The Balaban J connectivity index is 3.02. The highest BCUT2D eigenvalue weighted by atomic mass is 28.4. The van der Waals surface area contributed by atoms with Crippen LogP contribution in [0.4, 0.5) is 4.79 Å². The van der Waals surface area contributed by atoms with Gasteiger partial charge in [0.25, 0.3) is 0 Å². The van der Waals surface area contributed by atoms with Crippen molar-refractivity contribution in [3.05, 3.63) is 55.1 Å². The molecule has 7 nitrogen and oxygen atoms in total. The summed E-state index contributed by atoms with van der Waals surface area (Å²) >= 11 is 0. The van der Waals surface area contributed by atoms with Crippen LogP contribution in [0.1, 0.15) is 39.3 Å². The number of nitrogens with one attached hydrogen (secondary N) is 2. The molecule has 2 N–H and O–H groups in total. The number of benzene rings is 1. The average Bonchev–Trinajstić information content (AvgIpc) is 2.72. The lowest BCUT2D eigenvalue weighted by molar-refractivity contribution is -0.123. The number of hydrogen-bond acceptors (Lipinski definition) is 5. The van der Waals surface area contributed by atoms with Crippen LogP contribution in [0.2, 0.25) is 18.1 Å². The Bertz CT molecular complexity index is 789. The number of carbonyl (C=O) groups excluding carboxylic acids is 2. The van der Waals surface area contributed by atoms with Crippen molar-refractivity contribution < 1.29 is 23.5 Å². The second-order valence-electron chi connectivity index (χ2n) is 9.06. The molecule has 1 aromatic carbocycles. The van der Waals surface area contributed by atoms with Crippen molar-refractivity contribution in [2.45, 2.75) is 57.9 Å². The van der Waals surface area contributed by atoms with E-state index in [2.05, 4.69) is 57.7 Å². The maximum Gasteiger partial charge on any atom is 0.408 e. The molecule has 0 bridgehead atoms. The van der Waals surface area contributed by atoms with Gasteiger partial charge in [0.05, 0.1) is 12.6 Å². The van der Waals surface area contributed by atoms with E-state index in [0.29, 0.717) is 19.0 Å². The van der Waals surface area contributed by atoms with Crippen LogP contribution in [0.15, 0.2) is 49.6 Å². The number of carbonyl (C=O) groups is 2. The minimum absolute atomic E-state index is 0.0280. The lowest BCUT2D eigenvalue weighted by Crippen LogP contribution is -2.48. The van der Waals surface area contributed by atoms with Gasteiger partial charge in [-0.3, -0.25) is 4.79 Å². The lowest BCUT2D eigenvalue weighted by Gasteiger charge is -2.37. The minimum Gasteiger partial charge on any atom is -0.490 e. The predicted molar refractivity (Wildman–Crippen MR) is 130 cm³/mol. The Morgan fingerprint density at radius 2 is 1.78 bits per heavy atom. The van der Waals surface area contributed by atoms with Gasteiger partial charge in [0.2, 0.25) is 5.91 Å². The first kappa shape index (κ1) is 27.5. The first-order valence-electron chi connectivity index (χ1n) is 10.7. The summed E-state index contributed by atoms with van der Waals surface area (Å²) in [7, 11) is -2.05. The third-order valence-corrected chi connectivity index (χ3v) is 9.92. The van der Waals surface area contributed by atoms with Gasteiger partial charge in [0.15, 0.2) is 8.32 Å². The van der Waals surface area contributed by atoms with Crippen LogP contribution in [0.25, 0.3) is 0 Å². The molecule has 0 radical (unpaired) electrons. The molecule has 0 aliphatic heterocycles. The molecule has 1 rings (SSSR count). The van der Waals surface area contributed by atoms with E-state index < -0.39 is 26.5 Å². The van der Waals surface area contributed by atoms with Crippen LogP contribution in [0, 0.1) is 0 Å². The van der Waals surface area contributed by atoms with Gasteiger partial charge in [-0.05, 0) is 42.8 Å². The quantitative estimate of drug-likeness (QED) is 0.346. The second-order valence-corrected chi connectivity index (χ2v) is 13.9. The SMILES string of the molecule is C=CCOC(=O)N[C@@H](C)C(=O)N[C@@H](CO[Si](C)(C)C(C)(C)C)c1cccc(OCC=C)c1. The van der Waals surface area contributed by atoms with Gasteiger partial charge in [-0.25, -0.2) is 4.79 Å². The Kier molecular flexibility index (Phi) is 10.7. The van der Waals surface area contributed by atoms with Crippen molar-refractivity contribution in [2.24, 2.45) is 0 Å². The molecule has 0 fully saturated rings. The molecule has 2 atom stereocenters. The Morgan fingerprint density at radius 3 is 2.38 bits per heavy atom. The van der Waals surface area contributed by atoms with Gasteiger partial charge in [0.1, 0.15) is 25.0 Å². The van der Waals surface area contributed by atoms with Crippen LogP contribution in [-0.2, 0) is 14.0 Å². The topological polar surface area (TPSA) is 85.9 Å². The van der Waals surface area contributed by atoms with Crippen LogP contribution < -0.4 is 15.4 Å². The zero-order chi connectivity index (χ0) is 24.4. The van der Waals surface area contributed by atoms with E-state index in [4.69, 9.17) is 13.9 Å². The maximum atomic E-state index is 12.8. The smallest absolute Gasteiger partial charge is 0.408 e. The molecule has 0 saturated heterocycles. The molecular formula is C24H38N2O5Si. The predicted octanol–water partition coefficient (Wildman–Crippen LogP) is 4.73. The van der Waals surface area contributed by atoms with Gasteiger partial charge in [-0.1, -0.05) is 58.2 Å². The van der Waals surface area contributed by atoms with E-state index >= 15 is 0 Å². The van der Waals surface area contributed by atoms with Crippen molar-refractivity contribution in [2.75, 3.05) is 19.8 Å². The summed E-state index contributed by atoms with van der Waals surface area (Å²) in [6.07, 6.45) is 2.45. The van der Waals surface area contributed by atoms with Gasteiger partial charge in [-0.2, -0.15) is 0 Å². The fraction of sp³-hybridized carbons (Fsp3) is 0.500. The highest BCUT2D eigenvalue weighted by molar-refractivity contribution is 6.74. The highest BCUT2D eigenvalue weighted by Gasteiger charge is 2.38. The van der Waals surface area contributed by atoms with Gasteiger partial charge in [-0.15, -0.1) is 0 Å². The average molecular weight is 463 g/mol. The lowest BCUT2D eigenvalue weighted by atomic mass is 10.1. The molecule has 0 aromatic heterocycles. The molecule has 0 saturated carbocycles. The van der Waals surface area contributed by atoms with Crippen molar-refractivity contribution in [1.82, 2.24) is 10.6 Å². The molecule has 0 aliphatic carbocycles. The summed E-state index contributed by atoms with van der Waals surface area (Å²) in [5.74, 6) is 0.329. The zero-order valence-electron chi connectivity index (χ0n) is 20.2.